The molecule has 0 N–H and O–H groups in total. The fourth-order valence-electron chi connectivity index (χ4n) is 3.24. The number of carboxylic acids is 1. The van der Waals surface area contributed by atoms with Crippen molar-refractivity contribution in [2.75, 3.05) is 11.5 Å². The van der Waals surface area contributed by atoms with E-state index in [1.54, 1.807) is 17.0 Å². The summed E-state index contributed by atoms with van der Waals surface area (Å²) in [7, 11) is 0. The Balaban J connectivity index is 1.78. The fourth-order valence-corrected chi connectivity index (χ4v) is 4.30. The Morgan fingerprint density at radius 3 is 2.52 bits per heavy atom. The first-order valence-electron chi connectivity index (χ1n) is 9.22. The van der Waals surface area contributed by atoms with E-state index in [0.29, 0.717) is 24.4 Å². The zero-order valence-corrected chi connectivity index (χ0v) is 16.6. The standard InChI is InChI=1S/C23H19NO4S/c1-2-28-17-10-7-15(8-11-17)14-24-19-13-16(23(26)27)9-12-21(19)29-20-6-4-3-5-18(20)22(24)25/h3-13H,2,14H2,1H3,(H,26,27)/p-1. The smallest absolute Gasteiger partial charge is 0.259 e. The predicted molar refractivity (Wildman–Crippen MR) is 109 cm³/mol. The highest BCUT2D eigenvalue weighted by atomic mass is 32.2. The van der Waals surface area contributed by atoms with Crippen LogP contribution in [0.25, 0.3) is 0 Å². The van der Waals surface area contributed by atoms with Gasteiger partial charge in [0.25, 0.3) is 5.91 Å². The van der Waals surface area contributed by atoms with Crippen LogP contribution in [0.15, 0.2) is 76.5 Å². The van der Waals surface area contributed by atoms with E-state index in [1.165, 1.54) is 23.9 Å². The van der Waals surface area contributed by atoms with Crippen molar-refractivity contribution < 1.29 is 19.4 Å². The van der Waals surface area contributed by atoms with Crippen LogP contribution in [0.4, 0.5) is 5.69 Å². The van der Waals surface area contributed by atoms with Gasteiger partial charge in [0.2, 0.25) is 0 Å². The number of ether oxygens (including phenoxy) is 1. The average Bonchev–Trinajstić information content (AvgIpc) is 2.84. The molecule has 0 spiro atoms. The Hall–Kier alpha value is -3.25. The summed E-state index contributed by atoms with van der Waals surface area (Å²) in [5.41, 5.74) is 2.11. The number of nitrogens with zero attached hydrogens (tertiary/aromatic N) is 1. The molecular formula is C23H18NO4S-. The van der Waals surface area contributed by atoms with Gasteiger partial charge in [0.05, 0.1) is 30.4 Å². The van der Waals surface area contributed by atoms with Crippen molar-refractivity contribution in [2.45, 2.75) is 23.3 Å². The molecule has 0 atom stereocenters. The summed E-state index contributed by atoms with van der Waals surface area (Å²) in [4.78, 5) is 28.1. The van der Waals surface area contributed by atoms with Crippen LogP contribution >= 0.6 is 11.8 Å². The monoisotopic (exact) mass is 404 g/mol. The molecule has 0 radical (unpaired) electrons. The van der Waals surface area contributed by atoms with Crippen molar-refractivity contribution in [3.63, 3.8) is 0 Å². The van der Waals surface area contributed by atoms with Crippen LogP contribution in [-0.2, 0) is 6.54 Å². The van der Waals surface area contributed by atoms with Gasteiger partial charge < -0.3 is 19.5 Å². The summed E-state index contributed by atoms with van der Waals surface area (Å²) in [6, 6.07) is 19.7. The molecule has 0 bridgehead atoms. The molecule has 1 heterocycles. The first-order valence-corrected chi connectivity index (χ1v) is 10.0. The molecule has 4 rings (SSSR count). The molecule has 1 amide bonds. The number of benzene rings is 3. The molecule has 3 aromatic rings. The van der Waals surface area contributed by atoms with E-state index < -0.39 is 5.97 Å². The first kappa shape index (κ1) is 19.1. The lowest BCUT2D eigenvalue weighted by Crippen LogP contribution is -2.31. The highest BCUT2D eigenvalue weighted by Gasteiger charge is 2.27. The maximum atomic E-state index is 13.4. The van der Waals surface area contributed by atoms with Crippen LogP contribution in [0.1, 0.15) is 33.2 Å². The Morgan fingerprint density at radius 1 is 1.03 bits per heavy atom. The second-order valence-electron chi connectivity index (χ2n) is 6.54. The molecule has 0 fully saturated rings. The number of hydrogen-bond donors (Lipinski definition) is 0. The van der Waals surface area contributed by atoms with Gasteiger partial charge in [-0.05, 0) is 54.4 Å². The summed E-state index contributed by atoms with van der Waals surface area (Å²) < 4.78 is 5.48. The summed E-state index contributed by atoms with van der Waals surface area (Å²) in [6.45, 7) is 2.81. The molecule has 0 saturated heterocycles. The number of carboxylic acid groups (broad SMARTS) is 1. The maximum Gasteiger partial charge on any atom is 0.259 e. The lowest BCUT2D eigenvalue weighted by atomic mass is 10.1. The van der Waals surface area contributed by atoms with E-state index in [4.69, 9.17) is 4.74 Å². The Bertz CT molecular complexity index is 1080. The molecule has 29 heavy (non-hydrogen) atoms. The molecule has 5 nitrogen and oxygen atoms in total. The molecule has 6 heteroatoms. The van der Waals surface area contributed by atoms with E-state index in [-0.39, 0.29) is 11.5 Å². The predicted octanol–water partition coefficient (Wildman–Crippen LogP) is 3.76. The number of fused-ring (bicyclic) bond motifs is 2. The van der Waals surface area contributed by atoms with Gasteiger partial charge in [-0.1, -0.05) is 42.1 Å². The summed E-state index contributed by atoms with van der Waals surface area (Å²) in [5.74, 6) is -0.678. The molecule has 146 valence electrons. The van der Waals surface area contributed by atoms with Gasteiger partial charge in [-0.2, -0.15) is 0 Å². The molecule has 3 aromatic carbocycles. The minimum atomic E-state index is -1.27. The number of rotatable bonds is 5. The second kappa shape index (κ2) is 8.01. The van der Waals surface area contributed by atoms with Gasteiger partial charge in [-0.3, -0.25) is 4.79 Å². The van der Waals surface area contributed by atoms with Gasteiger partial charge in [0.15, 0.2) is 0 Å². The molecule has 1 aliphatic heterocycles. The van der Waals surface area contributed by atoms with E-state index in [9.17, 15) is 14.7 Å². The lowest BCUT2D eigenvalue weighted by Gasteiger charge is -2.24. The number of anilines is 1. The van der Waals surface area contributed by atoms with Crippen LogP contribution in [0.5, 0.6) is 5.75 Å². The zero-order valence-electron chi connectivity index (χ0n) is 15.8. The van der Waals surface area contributed by atoms with Crippen molar-refractivity contribution >= 4 is 29.3 Å². The average molecular weight is 404 g/mol. The number of carbonyl (C=O) groups excluding carboxylic acids is 2. The SMILES string of the molecule is CCOc1ccc(CN2C(=O)c3ccccc3Sc3ccc(C(=O)[O-])cc32)cc1. The minimum absolute atomic E-state index is 0.0415. The topological polar surface area (TPSA) is 69.7 Å². The van der Waals surface area contributed by atoms with Gasteiger partial charge in [0.1, 0.15) is 5.75 Å². The van der Waals surface area contributed by atoms with E-state index in [0.717, 1.165) is 21.1 Å². The van der Waals surface area contributed by atoms with Crippen molar-refractivity contribution in [2.24, 2.45) is 0 Å². The van der Waals surface area contributed by atoms with Gasteiger partial charge in [-0.25, -0.2) is 0 Å². The molecule has 0 aromatic heterocycles. The van der Waals surface area contributed by atoms with Gasteiger partial charge in [0, 0.05) is 9.79 Å². The third kappa shape index (κ3) is 3.84. The van der Waals surface area contributed by atoms with Crippen LogP contribution in [0.2, 0.25) is 0 Å². The number of hydrogen-bond acceptors (Lipinski definition) is 5. The zero-order chi connectivity index (χ0) is 20.4. The number of amides is 1. The minimum Gasteiger partial charge on any atom is -0.545 e. The summed E-state index contributed by atoms with van der Waals surface area (Å²) in [5, 5.41) is 11.4. The van der Waals surface area contributed by atoms with Crippen LogP contribution in [-0.4, -0.2) is 18.5 Å². The third-order valence-electron chi connectivity index (χ3n) is 4.64. The normalized spacial score (nSPS) is 12.7. The Labute approximate surface area is 172 Å². The van der Waals surface area contributed by atoms with Gasteiger partial charge >= 0.3 is 0 Å². The van der Waals surface area contributed by atoms with Crippen LogP contribution in [0.3, 0.4) is 0 Å². The van der Waals surface area contributed by atoms with Crippen LogP contribution < -0.4 is 14.7 Å². The number of carbonyl (C=O) groups is 2. The quantitative estimate of drug-likeness (QED) is 0.648. The van der Waals surface area contributed by atoms with E-state index in [1.807, 2.05) is 49.4 Å². The molecule has 1 aliphatic rings. The fraction of sp³-hybridized carbons (Fsp3) is 0.130. The highest BCUT2D eigenvalue weighted by Crippen LogP contribution is 2.42. The first-order chi connectivity index (χ1) is 14.1. The van der Waals surface area contributed by atoms with Crippen molar-refractivity contribution in [3.8, 4) is 5.75 Å². The number of aromatic carboxylic acids is 1. The lowest BCUT2D eigenvalue weighted by molar-refractivity contribution is -0.255. The van der Waals surface area contributed by atoms with Crippen LogP contribution in [0, 0.1) is 0 Å². The van der Waals surface area contributed by atoms with Crippen molar-refractivity contribution in [3.05, 3.63) is 83.4 Å². The molecule has 0 saturated carbocycles. The Kier molecular flexibility index (Phi) is 5.27. The Morgan fingerprint density at radius 2 is 1.79 bits per heavy atom. The third-order valence-corrected chi connectivity index (χ3v) is 5.78. The summed E-state index contributed by atoms with van der Waals surface area (Å²) in [6.07, 6.45) is 0. The molecule has 0 unspecified atom stereocenters. The van der Waals surface area contributed by atoms with Gasteiger partial charge in [-0.15, -0.1) is 0 Å². The molecule has 0 aliphatic carbocycles. The summed E-state index contributed by atoms with van der Waals surface area (Å²) >= 11 is 1.46. The van der Waals surface area contributed by atoms with Crippen molar-refractivity contribution in [1.82, 2.24) is 0 Å². The molecular weight excluding hydrogens is 386 g/mol. The second-order valence-corrected chi connectivity index (χ2v) is 7.62. The van der Waals surface area contributed by atoms with E-state index in [2.05, 4.69) is 0 Å². The largest absolute Gasteiger partial charge is 0.545 e. The van der Waals surface area contributed by atoms with Crippen molar-refractivity contribution in [1.29, 1.82) is 0 Å². The maximum absolute atomic E-state index is 13.4. The van der Waals surface area contributed by atoms with E-state index >= 15 is 0 Å². The highest BCUT2D eigenvalue weighted by molar-refractivity contribution is 7.99.